The van der Waals surface area contributed by atoms with Gasteiger partial charge >= 0.3 is 29.6 Å². The van der Waals surface area contributed by atoms with Crippen molar-refractivity contribution in [3.8, 4) is 0 Å². The van der Waals surface area contributed by atoms with Gasteiger partial charge in [0.15, 0.2) is 0 Å². The Morgan fingerprint density at radius 3 is 2.21 bits per heavy atom. The van der Waals surface area contributed by atoms with Crippen LogP contribution in [0.2, 0.25) is 0 Å². The van der Waals surface area contributed by atoms with Crippen LogP contribution < -0.4 is 29.6 Å². The first-order chi connectivity index (χ1) is 5.93. The zero-order valence-electron chi connectivity index (χ0n) is 8.15. The fourth-order valence-corrected chi connectivity index (χ4v) is 1.79. The topological polar surface area (TPSA) is 57.2 Å². The van der Waals surface area contributed by atoms with Crippen LogP contribution >= 0.6 is 0 Å². The molecular formula is C9H9NaO3S. The van der Waals surface area contributed by atoms with Crippen molar-refractivity contribution >= 4 is 15.7 Å². The minimum atomic E-state index is -4.39. The molecule has 0 spiro atoms. The molecule has 0 amide bonds. The van der Waals surface area contributed by atoms with Gasteiger partial charge in [0, 0.05) is 0 Å². The molecule has 0 aliphatic rings. The van der Waals surface area contributed by atoms with E-state index in [4.69, 9.17) is 0 Å². The first kappa shape index (κ1) is 13.9. The minimum absolute atomic E-state index is 0. The molecule has 0 bridgehead atoms. The maximum Gasteiger partial charge on any atom is 1.00 e. The third-order valence-corrected chi connectivity index (χ3v) is 2.51. The molecule has 70 valence electrons. The maximum absolute atomic E-state index is 10.8. The van der Waals surface area contributed by atoms with Crippen LogP contribution in [0.1, 0.15) is 12.5 Å². The summed E-state index contributed by atoms with van der Waals surface area (Å²) in [7, 11) is -4.39. The van der Waals surface area contributed by atoms with Gasteiger partial charge in [-0.2, -0.15) is 0 Å². The third kappa shape index (κ3) is 3.22. The van der Waals surface area contributed by atoms with Gasteiger partial charge in [-0.1, -0.05) is 24.8 Å². The SMILES string of the molecule is C=C(C)c1ccccc1S(=O)(=O)[O-].[Na+]. The summed E-state index contributed by atoms with van der Waals surface area (Å²) in [6.45, 7) is 5.25. The molecule has 1 aromatic carbocycles. The molecule has 0 aliphatic heterocycles. The van der Waals surface area contributed by atoms with Crippen molar-refractivity contribution in [3.63, 3.8) is 0 Å². The van der Waals surface area contributed by atoms with Gasteiger partial charge in [-0.05, 0) is 24.1 Å². The van der Waals surface area contributed by atoms with E-state index in [9.17, 15) is 13.0 Å². The van der Waals surface area contributed by atoms with Crippen molar-refractivity contribution in [2.45, 2.75) is 11.8 Å². The molecule has 1 rings (SSSR count). The Balaban J connectivity index is 0.00000169. The standard InChI is InChI=1S/C9H10O3S.Na/c1-7(2)8-5-3-4-6-9(8)13(10,11)12;/h3-6H,1H2,2H3,(H,10,11,12);/q;+1/p-1. The Morgan fingerprint density at radius 2 is 1.86 bits per heavy atom. The van der Waals surface area contributed by atoms with E-state index in [0.29, 0.717) is 11.1 Å². The average molecular weight is 220 g/mol. The van der Waals surface area contributed by atoms with Crippen LogP contribution in [0.15, 0.2) is 35.7 Å². The quantitative estimate of drug-likeness (QED) is 0.456. The van der Waals surface area contributed by atoms with Crippen molar-refractivity contribution in [2.75, 3.05) is 0 Å². The Labute approximate surface area is 106 Å². The predicted molar refractivity (Wildman–Crippen MR) is 49.1 cm³/mol. The Hall–Kier alpha value is -0.130. The van der Waals surface area contributed by atoms with E-state index in [2.05, 4.69) is 6.58 Å². The van der Waals surface area contributed by atoms with E-state index >= 15 is 0 Å². The third-order valence-electron chi connectivity index (χ3n) is 1.62. The van der Waals surface area contributed by atoms with E-state index in [1.54, 1.807) is 19.1 Å². The molecule has 0 saturated heterocycles. The molecule has 0 fully saturated rings. The van der Waals surface area contributed by atoms with Crippen LogP contribution in [-0.4, -0.2) is 13.0 Å². The summed E-state index contributed by atoms with van der Waals surface area (Å²) in [6, 6.07) is 6.02. The summed E-state index contributed by atoms with van der Waals surface area (Å²) < 4.78 is 32.3. The van der Waals surface area contributed by atoms with Gasteiger partial charge in [0.05, 0.1) is 4.90 Å². The smallest absolute Gasteiger partial charge is 0.744 e. The van der Waals surface area contributed by atoms with Gasteiger partial charge in [0.2, 0.25) is 0 Å². The summed E-state index contributed by atoms with van der Waals surface area (Å²) in [6.07, 6.45) is 0. The van der Waals surface area contributed by atoms with Gasteiger partial charge in [0.1, 0.15) is 10.1 Å². The molecule has 0 radical (unpaired) electrons. The normalized spacial score (nSPS) is 10.4. The van der Waals surface area contributed by atoms with E-state index in [1.165, 1.54) is 12.1 Å². The fourth-order valence-electron chi connectivity index (χ4n) is 1.04. The minimum Gasteiger partial charge on any atom is -0.744 e. The van der Waals surface area contributed by atoms with Gasteiger partial charge in [-0.3, -0.25) is 0 Å². The molecule has 0 unspecified atom stereocenters. The molecule has 0 atom stereocenters. The van der Waals surface area contributed by atoms with Gasteiger partial charge < -0.3 is 4.55 Å². The van der Waals surface area contributed by atoms with Gasteiger partial charge in [-0.25, -0.2) is 8.42 Å². The zero-order valence-corrected chi connectivity index (χ0v) is 11.0. The number of hydrogen-bond donors (Lipinski definition) is 0. The molecule has 0 heterocycles. The average Bonchev–Trinajstić information content (AvgIpc) is 2.03. The molecule has 3 nitrogen and oxygen atoms in total. The van der Waals surface area contributed by atoms with Crippen LogP contribution in [-0.2, 0) is 10.1 Å². The number of benzene rings is 1. The Morgan fingerprint density at radius 1 is 1.36 bits per heavy atom. The molecule has 0 aliphatic carbocycles. The second-order valence-electron chi connectivity index (χ2n) is 2.73. The van der Waals surface area contributed by atoms with Crippen molar-refractivity contribution in [3.05, 3.63) is 36.4 Å². The molecule has 1 aromatic rings. The van der Waals surface area contributed by atoms with E-state index in [1.807, 2.05) is 0 Å². The molecule has 14 heavy (non-hydrogen) atoms. The number of allylic oxidation sites excluding steroid dienone is 1. The second kappa shape index (κ2) is 5.09. The summed E-state index contributed by atoms with van der Waals surface area (Å²) in [5, 5.41) is 0. The van der Waals surface area contributed by atoms with E-state index in [0.717, 1.165) is 0 Å². The maximum atomic E-state index is 10.8. The summed E-state index contributed by atoms with van der Waals surface area (Å²) in [4.78, 5) is -0.206. The van der Waals surface area contributed by atoms with Crippen molar-refractivity contribution < 1.29 is 42.5 Å². The summed E-state index contributed by atoms with van der Waals surface area (Å²) >= 11 is 0. The first-order valence-corrected chi connectivity index (χ1v) is 5.04. The summed E-state index contributed by atoms with van der Waals surface area (Å²) in [5.41, 5.74) is 0.951. The van der Waals surface area contributed by atoms with E-state index in [-0.39, 0.29) is 34.5 Å². The molecular weight excluding hydrogens is 211 g/mol. The van der Waals surface area contributed by atoms with Crippen molar-refractivity contribution in [2.24, 2.45) is 0 Å². The van der Waals surface area contributed by atoms with Gasteiger partial charge in [-0.15, -0.1) is 0 Å². The predicted octanol–water partition coefficient (Wildman–Crippen LogP) is -1.37. The van der Waals surface area contributed by atoms with Crippen LogP contribution in [0.25, 0.3) is 5.57 Å². The van der Waals surface area contributed by atoms with Crippen LogP contribution in [0.4, 0.5) is 0 Å². The molecule has 5 heteroatoms. The summed E-state index contributed by atoms with van der Waals surface area (Å²) in [5.74, 6) is 0. The monoisotopic (exact) mass is 220 g/mol. The largest absolute Gasteiger partial charge is 1.00 e. The van der Waals surface area contributed by atoms with Gasteiger partial charge in [0.25, 0.3) is 0 Å². The van der Waals surface area contributed by atoms with Crippen LogP contribution in [0.5, 0.6) is 0 Å². The Kier molecular flexibility index (Phi) is 5.05. The van der Waals surface area contributed by atoms with Crippen LogP contribution in [0, 0.1) is 0 Å². The second-order valence-corrected chi connectivity index (χ2v) is 4.08. The number of rotatable bonds is 2. The number of hydrogen-bond acceptors (Lipinski definition) is 3. The van der Waals surface area contributed by atoms with E-state index < -0.39 is 10.1 Å². The zero-order chi connectivity index (χ0) is 10.1. The molecule has 0 aromatic heterocycles. The molecule has 0 saturated carbocycles. The Bertz CT molecular complexity index is 437. The molecule has 0 N–H and O–H groups in total. The van der Waals surface area contributed by atoms with Crippen molar-refractivity contribution in [1.29, 1.82) is 0 Å². The fraction of sp³-hybridized carbons (Fsp3) is 0.111. The van der Waals surface area contributed by atoms with Crippen LogP contribution in [0.3, 0.4) is 0 Å². The van der Waals surface area contributed by atoms with Crippen molar-refractivity contribution in [1.82, 2.24) is 0 Å². The first-order valence-electron chi connectivity index (χ1n) is 3.64.